The van der Waals surface area contributed by atoms with Gasteiger partial charge in [-0.1, -0.05) is 48.5 Å². The molecule has 2 aliphatic rings. The Kier molecular flexibility index (Phi) is 3.79. The standard InChI is InChI=1S/C20H18FNO3/c21-18(23)20(10-5-11-20)22-19(24)25-12-17-15-8-3-1-6-13(15)14-7-2-4-9-16(14)17/h1-4,6-9,17H,5,10-12H2,(H,22,24). The summed E-state index contributed by atoms with van der Waals surface area (Å²) in [5, 5.41) is 2.42. The molecule has 2 aromatic carbocycles. The van der Waals surface area contributed by atoms with E-state index in [1.807, 2.05) is 36.4 Å². The Morgan fingerprint density at radius 2 is 1.60 bits per heavy atom. The van der Waals surface area contributed by atoms with Crippen molar-refractivity contribution < 1.29 is 18.7 Å². The summed E-state index contributed by atoms with van der Waals surface area (Å²) in [6, 6.07) is 14.6. The van der Waals surface area contributed by atoms with Crippen LogP contribution in [-0.4, -0.2) is 24.3 Å². The Balaban J connectivity index is 1.50. The van der Waals surface area contributed by atoms with Crippen molar-refractivity contribution in [2.24, 2.45) is 0 Å². The second-order valence-electron chi connectivity index (χ2n) is 6.66. The maximum atomic E-state index is 13.2. The van der Waals surface area contributed by atoms with Gasteiger partial charge in [-0.15, -0.1) is 0 Å². The lowest BCUT2D eigenvalue weighted by Gasteiger charge is -2.37. The van der Waals surface area contributed by atoms with Crippen LogP contribution in [-0.2, 0) is 9.53 Å². The van der Waals surface area contributed by atoms with Gasteiger partial charge < -0.3 is 10.1 Å². The second kappa shape index (κ2) is 5.99. The molecule has 0 heterocycles. The number of nitrogens with one attached hydrogen (secondary N) is 1. The van der Waals surface area contributed by atoms with Crippen LogP contribution in [0, 0.1) is 0 Å². The van der Waals surface area contributed by atoms with Gasteiger partial charge in [-0.3, -0.25) is 4.79 Å². The Morgan fingerprint density at radius 1 is 1.04 bits per heavy atom. The highest BCUT2D eigenvalue weighted by molar-refractivity contribution is 5.86. The Morgan fingerprint density at radius 3 is 2.08 bits per heavy atom. The molecule has 2 aromatic rings. The number of halogens is 1. The van der Waals surface area contributed by atoms with Crippen LogP contribution >= 0.6 is 0 Å². The summed E-state index contributed by atoms with van der Waals surface area (Å²) in [4.78, 5) is 23.2. The minimum absolute atomic E-state index is 0.0587. The molecule has 0 unspecified atom stereocenters. The molecule has 4 rings (SSSR count). The van der Waals surface area contributed by atoms with Crippen LogP contribution in [0.3, 0.4) is 0 Å². The molecular formula is C20H18FNO3. The first-order valence-electron chi connectivity index (χ1n) is 8.44. The molecule has 0 saturated heterocycles. The Bertz CT molecular complexity index is 799. The van der Waals surface area contributed by atoms with E-state index in [4.69, 9.17) is 4.74 Å². The first-order chi connectivity index (χ1) is 12.1. The second-order valence-corrected chi connectivity index (χ2v) is 6.66. The lowest BCUT2D eigenvalue weighted by atomic mass is 9.77. The quantitative estimate of drug-likeness (QED) is 0.858. The summed E-state index contributed by atoms with van der Waals surface area (Å²) in [6.45, 7) is 0.149. The molecule has 2 aliphatic carbocycles. The Labute approximate surface area is 145 Å². The van der Waals surface area contributed by atoms with Gasteiger partial charge in [0, 0.05) is 5.92 Å². The van der Waals surface area contributed by atoms with Gasteiger partial charge in [0.25, 0.3) is 0 Å². The van der Waals surface area contributed by atoms with Crippen molar-refractivity contribution in [1.82, 2.24) is 5.32 Å². The summed E-state index contributed by atoms with van der Waals surface area (Å²) in [6.07, 6.45) is 0.630. The van der Waals surface area contributed by atoms with Gasteiger partial charge in [-0.05, 0) is 41.5 Å². The fourth-order valence-corrected chi connectivity index (χ4v) is 3.73. The molecule has 1 amide bonds. The molecule has 1 N–H and O–H groups in total. The molecule has 0 bridgehead atoms. The van der Waals surface area contributed by atoms with Crippen molar-refractivity contribution >= 4 is 12.1 Å². The van der Waals surface area contributed by atoms with Gasteiger partial charge >= 0.3 is 12.1 Å². The molecule has 0 aliphatic heterocycles. The average molecular weight is 339 g/mol. The van der Waals surface area contributed by atoms with Gasteiger partial charge in [0.05, 0.1) is 0 Å². The predicted octanol–water partition coefficient (Wildman–Crippen LogP) is 3.94. The average Bonchev–Trinajstić information content (AvgIpc) is 2.90. The zero-order valence-corrected chi connectivity index (χ0v) is 13.6. The summed E-state index contributed by atoms with van der Waals surface area (Å²) in [5.41, 5.74) is 3.12. The van der Waals surface area contributed by atoms with E-state index in [2.05, 4.69) is 17.4 Å². The minimum Gasteiger partial charge on any atom is -0.449 e. The number of carbonyl (C=O) groups excluding carboxylic acids is 2. The molecule has 5 heteroatoms. The maximum Gasteiger partial charge on any atom is 0.408 e. The van der Waals surface area contributed by atoms with E-state index in [-0.39, 0.29) is 12.5 Å². The minimum atomic E-state index is -1.49. The fraction of sp³-hybridized carbons (Fsp3) is 0.300. The molecular weight excluding hydrogens is 321 g/mol. The van der Waals surface area contributed by atoms with Crippen LogP contribution in [0.5, 0.6) is 0 Å². The van der Waals surface area contributed by atoms with Crippen molar-refractivity contribution in [3.63, 3.8) is 0 Å². The normalized spacial score (nSPS) is 17.2. The number of amides is 1. The van der Waals surface area contributed by atoms with Crippen molar-refractivity contribution in [1.29, 1.82) is 0 Å². The number of ether oxygens (including phenoxy) is 1. The number of hydrogen-bond acceptors (Lipinski definition) is 3. The van der Waals surface area contributed by atoms with Gasteiger partial charge in [0.15, 0.2) is 0 Å². The molecule has 1 fully saturated rings. The molecule has 0 radical (unpaired) electrons. The molecule has 128 valence electrons. The van der Waals surface area contributed by atoms with Crippen LogP contribution in [0.4, 0.5) is 9.18 Å². The van der Waals surface area contributed by atoms with Crippen LogP contribution in [0.25, 0.3) is 11.1 Å². The summed E-state index contributed by atoms with van der Waals surface area (Å²) >= 11 is 0. The van der Waals surface area contributed by atoms with E-state index in [1.54, 1.807) is 0 Å². The zero-order valence-electron chi connectivity index (χ0n) is 13.6. The topological polar surface area (TPSA) is 55.4 Å². The molecule has 0 atom stereocenters. The van der Waals surface area contributed by atoms with E-state index >= 15 is 0 Å². The third-order valence-corrected chi connectivity index (χ3v) is 5.27. The van der Waals surface area contributed by atoms with Crippen molar-refractivity contribution in [3.05, 3.63) is 59.7 Å². The number of alkyl carbamates (subject to hydrolysis) is 1. The SMILES string of the molecule is O=C(NC1(C(=O)F)CCC1)OCC1c2ccccc2-c2ccccc21. The third-order valence-electron chi connectivity index (χ3n) is 5.27. The highest BCUT2D eigenvalue weighted by Crippen LogP contribution is 2.44. The Hall–Kier alpha value is -2.69. The third kappa shape index (κ3) is 2.60. The van der Waals surface area contributed by atoms with Crippen LogP contribution in [0.1, 0.15) is 36.3 Å². The van der Waals surface area contributed by atoms with Gasteiger partial charge in [-0.25, -0.2) is 4.79 Å². The van der Waals surface area contributed by atoms with Gasteiger partial charge in [0.2, 0.25) is 0 Å². The largest absolute Gasteiger partial charge is 0.449 e. The smallest absolute Gasteiger partial charge is 0.408 e. The number of hydrogen-bond donors (Lipinski definition) is 1. The zero-order chi connectivity index (χ0) is 17.4. The lowest BCUT2D eigenvalue weighted by Crippen LogP contribution is -2.58. The molecule has 4 nitrogen and oxygen atoms in total. The first-order valence-corrected chi connectivity index (χ1v) is 8.44. The van der Waals surface area contributed by atoms with Crippen LogP contribution in [0.15, 0.2) is 48.5 Å². The van der Waals surface area contributed by atoms with E-state index in [1.165, 1.54) is 0 Å². The summed E-state index contributed by atoms with van der Waals surface area (Å²) in [5.74, 6) is -0.0587. The number of carbonyl (C=O) groups is 2. The van der Waals surface area contributed by atoms with E-state index < -0.39 is 17.7 Å². The predicted molar refractivity (Wildman–Crippen MR) is 90.9 cm³/mol. The monoisotopic (exact) mass is 339 g/mol. The molecule has 1 saturated carbocycles. The summed E-state index contributed by atoms with van der Waals surface area (Å²) in [7, 11) is 0. The molecule has 0 aromatic heterocycles. The van der Waals surface area contributed by atoms with E-state index in [0.717, 1.165) is 28.7 Å². The van der Waals surface area contributed by atoms with Crippen LogP contribution in [0.2, 0.25) is 0 Å². The molecule has 25 heavy (non-hydrogen) atoms. The molecule has 0 spiro atoms. The van der Waals surface area contributed by atoms with Crippen LogP contribution < -0.4 is 5.32 Å². The maximum absolute atomic E-state index is 13.2. The fourth-order valence-electron chi connectivity index (χ4n) is 3.73. The van der Waals surface area contributed by atoms with Gasteiger partial charge in [-0.2, -0.15) is 4.39 Å². The van der Waals surface area contributed by atoms with E-state index in [0.29, 0.717) is 12.8 Å². The highest BCUT2D eigenvalue weighted by Gasteiger charge is 2.46. The van der Waals surface area contributed by atoms with Crippen molar-refractivity contribution in [3.8, 4) is 11.1 Å². The van der Waals surface area contributed by atoms with Gasteiger partial charge in [0.1, 0.15) is 12.1 Å². The first kappa shape index (κ1) is 15.8. The van der Waals surface area contributed by atoms with E-state index in [9.17, 15) is 14.0 Å². The summed E-state index contributed by atoms with van der Waals surface area (Å²) < 4.78 is 18.5. The number of benzene rings is 2. The van der Waals surface area contributed by atoms with Crippen molar-refractivity contribution in [2.75, 3.05) is 6.61 Å². The highest BCUT2D eigenvalue weighted by atomic mass is 19.1. The lowest BCUT2D eigenvalue weighted by molar-refractivity contribution is -0.139. The van der Waals surface area contributed by atoms with Crippen molar-refractivity contribution in [2.45, 2.75) is 30.7 Å². The number of fused-ring (bicyclic) bond motifs is 3. The number of rotatable bonds is 4.